The molecular formula is C19H24N4O2. The molecule has 132 valence electrons. The van der Waals surface area contributed by atoms with Gasteiger partial charge in [-0.3, -0.25) is 0 Å². The van der Waals surface area contributed by atoms with Crippen molar-refractivity contribution in [2.75, 3.05) is 18.4 Å². The van der Waals surface area contributed by atoms with Crippen molar-refractivity contribution in [3.63, 3.8) is 0 Å². The van der Waals surface area contributed by atoms with Gasteiger partial charge >= 0.3 is 6.03 Å². The van der Waals surface area contributed by atoms with Gasteiger partial charge in [0.25, 0.3) is 0 Å². The number of carbonyl (C=O) groups is 1. The van der Waals surface area contributed by atoms with Crippen LogP contribution < -0.4 is 5.32 Å². The van der Waals surface area contributed by atoms with Gasteiger partial charge in [-0.25, -0.2) is 9.78 Å². The van der Waals surface area contributed by atoms with E-state index in [1.807, 2.05) is 48.4 Å². The number of carbonyl (C=O) groups excluding carboxylic acids is 1. The molecule has 0 radical (unpaired) electrons. The summed E-state index contributed by atoms with van der Waals surface area (Å²) in [5.41, 5.74) is 0.814. The lowest BCUT2D eigenvalue weighted by molar-refractivity contribution is 0.0350. The number of nitrogens with zero attached hydrogens (tertiary/aromatic N) is 3. The second-order valence-corrected chi connectivity index (χ2v) is 7.21. The minimum atomic E-state index is -0.383. The average Bonchev–Trinajstić information content (AvgIpc) is 3.20. The number of aromatic nitrogens is 2. The van der Waals surface area contributed by atoms with Crippen molar-refractivity contribution < 1.29 is 9.90 Å². The number of hydrogen-bond acceptors (Lipinski definition) is 3. The standard InChI is InChI=1S/C19H24N4O2/c1-13-20-7-8-23(13)17-9-14-11-22(12-15(14)10-18(17)24)19(25)21-16-5-3-2-4-6-16/h2-8,14-15,17-18,24H,9-12H2,1H3,(H,21,25)/t14-,15+,17-,18-/m0/s1. The number of imidazole rings is 1. The van der Waals surface area contributed by atoms with Crippen molar-refractivity contribution in [3.8, 4) is 0 Å². The minimum Gasteiger partial charge on any atom is -0.391 e. The Bertz CT molecular complexity index is 745. The van der Waals surface area contributed by atoms with E-state index in [4.69, 9.17) is 0 Å². The van der Waals surface area contributed by atoms with Crippen LogP contribution in [0.15, 0.2) is 42.7 Å². The van der Waals surface area contributed by atoms with Gasteiger partial charge in [0.15, 0.2) is 0 Å². The first-order valence-electron chi connectivity index (χ1n) is 8.90. The third-order valence-corrected chi connectivity index (χ3v) is 5.64. The Morgan fingerprint density at radius 2 is 1.92 bits per heavy atom. The molecule has 2 fully saturated rings. The number of nitrogens with one attached hydrogen (secondary N) is 1. The number of fused-ring (bicyclic) bond motifs is 1. The molecule has 1 aromatic heterocycles. The number of aliphatic hydroxyl groups is 1. The molecule has 2 aliphatic rings. The van der Waals surface area contributed by atoms with Gasteiger partial charge in [-0.2, -0.15) is 0 Å². The van der Waals surface area contributed by atoms with E-state index in [1.54, 1.807) is 6.20 Å². The van der Waals surface area contributed by atoms with Crippen LogP contribution in [-0.2, 0) is 0 Å². The van der Waals surface area contributed by atoms with Gasteiger partial charge in [0.1, 0.15) is 5.82 Å². The Kier molecular flexibility index (Phi) is 4.21. The molecule has 6 nitrogen and oxygen atoms in total. The summed E-state index contributed by atoms with van der Waals surface area (Å²) in [4.78, 5) is 18.7. The normalized spacial score (nSPS) is 28.6. The van der Waals surface area contributed by atoms with Crippen molar-refractivity contribution >= 4 is 11.7 Å². The number of amides is 2. The zero-order valence-electron chi connectivity index (χ0n) is 14.4. The summed E-state index contributed by atoms with van der Waals surface area (Å²) in [6, 6.07) is 9.54. The van der Waals surface area contributed by atoms with Crippen LogP contribution in [0.4, 0.5) is 10.5 Å². The Balaban J connectivity index is 1.43. The fraction of sp³-hybridized carbons (Fsp3) is 0.474. The second kappa shape index (κ2) is 6.52. The fourth-order valence-electron chi connectivity index (χ4n) is 4.33. The first kappa shape index (κ1) is 16.1. The second-order valence-electron chi connectivity index (χ2n) is 7.21. The number of para-hydroxylation sites is 1. The molecule has 2 N–H and O–H groups in total. The number of anilines is 1. The summed E-state index contributed by atoms with van der Waals surface area (Å²) in [7, 11) is 0. The lowest BCUT2D eigenvalue weighted by atomic mass is 9.77. The Morgan fingerprint density at radius 3 is 2.60 bits per heavy atom. The number of rotatable bonds is 2. The SMILES string of the molecule is Cc1nccn1[C@H]1C[C@H]2CN(C(=O)Nc3ccccc3)C[C@H]2C[C@@H]1O. The highest BCUT2D eigenvalue weighted by atomic mass is 16.3. The van der Waals surface area contributed by atoms with E-state index in [0.717, 1.165) is 37.4 Å². The van der Waals surface area contributed by atoms with Gasteiger partial charge in [0, 0.05) is 31.2 Å². The van der Waals surface area contributed by atoms with Crippen LogP contribution in [0.3, 0.4) is 0 Å². The van der Waals surface area contributed by atoms with Crippen LogP contribution >= 0.6 is 0 Å². The first-order valence-corrected chi connectivity index (χ1v) is 8.90. The summed E-state index contributed by atoms with van der Waals surface area (Å²) in [6.45, 7) is 3.43. The Hall–Kier alpha value is -2.34. The third-order valence-electron chi connectivity index (χ3n) is 5.64. The molecule has 0 spiro atoms. The van der Waals surface area contributed by atoms with Crippen LogP contribution in [0.5, 0.6) is 0 Å². The maximum absolute atomic E-state index is 12.5. The monoisotopic (exact) mass is 340 g/mol. The van der Waals surface area contributed by atoms with E-state index < -0.39 is 0 Å². The topological polar surface area (TPSA) is 70.4 Å². The van der Waals surface area contributed by atoms with E-state index in [-0.39, 0.29) is 18.2 Å². The molecule has 4 atom stereocenters. The van der Waals surface area contributed by atoms with Gasteiger partial charge in [0.05, 0.1) is 12.1 Å². The first-order chi connectivity index (χ1) is 12.1. The number of urea groups is 1. The summed E-state index contributed by atoms with van der Waals surface area (Å²) >= 11 is 0. The van der Waals surface area contributed by atoms with E-state index in [1.165, 1.54) is 0 Å². The summed E-state index contributed by atoms with van der Waals surface area (Å²) in [5, 5.41) is 13.6. The molecule has 1 aromatic carbocycles. The molecule has 2 heterocycles. The lowest BCUT2D eigenvalue weighted by Gasteiger charge is -2.36. The maximum Gasteiger partial charge on any atom is 0.321 e. The van der Waals surface area contributed by atoms with Crippen LogP contribution in [0.2, 0.25) is 0 Å². The average molecular weight is 340 g/mol. The smallest absolute Gasteiger partial charge is 0.321 e. The van der Waals surface area contributed by atoms with Gasteiger partial charge in [-0.05, 0) is 43.7 Å². The van der Waals surface area contributed by atoms with E-state index in [2.05, 4.69) is 14.9 Å². The highest BCUT2D eigenvalue weighted by Crippen LogP contribution is 2.41. The number of aryl methyl sites for hydroxylation is 1. The minimum absolute atomic E-state index is 0.0505. The van der Waals surface area contributed by atoms with Crippen molar-refractivity contribution in [1.82, 2.24) is 14.5 Å². The molecule has 0 unspecified atom stereocenters. The largest absolute Gasteiger partial charge is 0.391 e. The fourth-order valence-corrected chi connectivity index (χ4v) is 4.33. The molecule has 1 aliphatic heterocycles. The van der Waals surface area contributed by atoms with Gasteiger partial charge in [-0.1, -0.05) is 18.2 Å². The molecule has 4 rings (SSSR count). The van der Waals surface area contributed by atoms with Gasteiger partial charge in [-0.15, -0.1) is 0 Å². The predicted molar refractivity (Wildman–Crippen MR) is 95.3 cm³/mol. The molecule has 2 amide bonds. The molecule has 1 saturated carbocycles. The highest BCUT2D eigenvalue weighted by molar-refractivity contribution is 5.89. The summed E-state index contributed by atoms with van der Waals surface area (Å²) in [5.74, 6) is 1.73. The van der Waals surface area contributed by atoms with Crippen LogP contribution in [-0.4, -0.2) is 44.8 Å². The molecular weight excluding hydrogens is 316 g/mol. The van der Waals surface area contributed by atoms with E-state index >= 15 is 0 Å². The van der Waals surface area contributed by atoms with Crippen molar-refractivity contribution in [1.29, 1.82) is 0 Å². The third kappa shape index (κ3) is 3.14. The van der Waals surface area contributed by atoms with Crippen LogP contribution in [0.1, 0.15) is 24.7 Å². The molecule has 6 heteroatoms. The van der Waals surface area contributed by atoms with E-state index in [0.29, 0.717) is 11.8 Å². The molecule has 0 bridgehead atoms. The summed E-state index contributed by atoms with van der Waals surface area (Å²) < 4.78 is 2.08. The predicted octanol–water partition coefficient (Wildman–Crippen LogP) is 2.67. The number of hydrogen-bond donors (Lipinski definition) is 2. The van der Waals surface area contributed by atoms with Gasteiger partial charge < -0.3 is 19.9 Å². The van der Waals surface area contributed by atoms with Crippen molar-refractivity contribution in [2.45, 2.75) is 31.9 Å². The van der Waals surface area contributed by atoms with Crippen LogP contribution in [0.25, 0.3) is 0 Å². The number of benzene rings is 1. The zero-order valence-corrected chi connectivity index (χ0v) is 14.4. The number of likely N-dealkylation sites (tertiary alicyclic amines) is 1. The maximum atomic E-state index is 12.5. The summed E-state index contributed by atoms with van der Waals surface area (Å²) in [6.07, 6.45) is 4.97. The van der Waals surface area contributed by atoms with Gasteiger partial charge in [0.2, 0.25) is 0 Å². The molecule has 25 heavy (non-hydrogen) atoms. The Labute approximate surface area is 147 Å². The zero-order chi connectivity index (χ0) is 17.4. The highest BCUT2D eigenvalue weighted by Gasteiger charge is 2.43. The lowest BCUT2D eigenvalue weighted by Crippen LogP contribution is -2.36. The van der Waals surface area contributed by atoms with Crippen LogP contribution in [0, 0.1) is 18.8 Å². The Morgan fingerprint density at radius 1 is 1.20 bits per heavy atom. The van der Waals surface area contributed by atoms with Crippen molar-refractivity contribution in [3.05, 3.63) is 48.5 Å². The van der Waals surface area contributed by atoms with Crippen molar-refractivity contribution in [2.24, 2.45) is 11.8 Å². The quantitative estimate of drug-likeness (QED) is 0.883. The molecule has 1 aliphatic carbocycles. The molecule has 1 saturated heterocycles. The number of aliphatic hydroxyl groups excluding tert-OH is 1. The van der Waals surface area contributed by atoms with E-state index in [9.17, 15) is 9.90 Å². The molecule has 2 aromatic rings.